The number of halogens is 3. The third-order valence-corrected chi connectivity index (χ3v) is 4.42. The molecule has 0 aliphatic carbocycles. The maximum Gasteiger partial charge on any atom is 0.233 e. The number of aryl methyl sites for hydroxylation is 1. The first-order valence-corrected chi connectivity index (χ1v) is 8.53. The van der Waals surface area contributed by atoms with Gasteiger partial charge in [0.15, 0.2) is 0 Å². The summed E-state index contributed by atoms with van der Waals surface area (Å²) in [6.07, 6.45) is 3.35. The van der Waals surface area contributed by atoms with Crippen LogP contribution in [0.5, 0.6) is 0 Å². The lowest BCUT2D eigenvalue weighted by atomic mass is 9.97. The van der Waals surface area contributed by atoms with Crippen LogP contribution in [-0.4, -0.2) is 4.98 Å². The number of alkyl halides is 3. The molecule has 0 saturated heterocycles. The van der Waals surface area contributed by atoms with Crippen molar-refractivity contribution >= 4 is 56.5 Å². The highest BCUT2D eigenvalue weighted by Crippen LogP contribution is 2.42. The minimum Gasteiger partial charge on any atom is -0.248 e. The van der Waals surface area contributed by atoms with Gasteiger partial charge in [-0.15, -0.1) is 0 Å². The van der Waals surface area contributed by atoms with Gasteiger partial charge in [0.1, 0.15) is 5.69 Å². The molecule has 2 aromatic carbocycles. The Bertz CT molecular complexity index is 822. The highest BCUT2D eigenvalue weighted by molar-refractivity contribution is 6.67. The second-order valence-electron chi connectivity index (χ2n) is 5.42. The Morgan fingerprint density at radius 2 is 1.68 bits per heavy atom. The van der Waals surface area contributed by atoms with Crippen molar-refractivity contribution in [2.45, 2.75) is 30.0 Å². The zero-order chi connectivity index (χ0) is 15.7. The van der Waals surface area contributed by atoms with Gasteiger partial charge < -0.3 is 0 Å². The molecular weight excluding hydrogens is 337 g/mol. The van der Waals surface area contributed by atoms with Crippen molar-refractivity contribution in [1.29, 1.82) is 0 Å². The number of nitrogens with zero attached hydrogens (tertiary/aromatic N) is 1. The average Bonchev–Trinajstić information content (AvgIpc) is 2.51. The van der Waals surface area contributed by atoms with Gasteiger partial charge in [-0.1, -0.05) is 84.5 Å². The minimum atomic E-state index is -1.53. The van der Waals surface area contributed by atoms with E-state index >= 15 is 0 Å². The molecule has 1 nitrogen and oxygen atoms in total. The third kappa shape index (κ3) is 2.90. The van der Waals surface area contributed by atoms with Gasteiger partial charge in [-0.25, -0.2) is 4.98 Å². The van der Waals surface area contributed by atoms with Crippen LogP contribution in [0.2, 0.25) is 0 Å². The van der Waals surface area contributed by atoms with Crippen LogP contribution in [0, 0.1) is 0 Å². The molecule has 22 heavy (non-hydrogen) atoms. The molecule has 0 saturated carbocycles. The van der Waals surface area contributed by atoms with Crippen LogP contribution in [0.25, 0.3) is 21.7 Å². The summed E-state index contributed by atoms with van der Waals surface area (Å²) in [5.41, 5.74) is 2.68. The lowest BCUT2D eigenvalue weighted by Crippen LogP contribution is -2.06. The van der Waals surface area contributed by atoms with E-state index in [1.165, 1.54) is 10.9 Å². The summed E-state index contributed by atoms with van der Waals surface area (Å²) in [4.78, 5) is 4.65. The van der Waals surface area contributed by atoms with Crippen LogP contribution in [0.1, 0.15) is 31.0 Å². The Labute approximate surface area is 145 Å². The molecule has 114 valence electrons. The van der Waals surface area contributed by atoms with Crippen LogP contribution in [-0.2, 0) is 10.2 Å². The molecule has 0 unspecified atom stereocenters. The summed E-state index contributed by atoms with van der Waals surface area (Å²) in [6.45, 7) is 2.20. The minimum absolute atomic E-state index is 0.494. The lowest BCUT2D eigenvalue weighted by molar-refractivity contribution is 0.799. The van der Waals surface area contributed by atoms with E-state index in [1.54, 1.807) is 0 Å². The molecule has 0 N–H and O–H groups in total. The summed E-state index contributed by atoms with van der Waals surface area (Å²) in [7, 11) is 0. The topological polar surface area (TPSA) is 12.9 Å². The molecule has 1 aromatic heterocycles. The molecule has 0 aliphatic heterocycles. The van der Waals surface area contributed by atoms with E-state index in [0.717, 1.165) is 35.6 Å². The molecule has 0 spiro atoms. The summed E-state index contributed by atoms with van der Waals surface area (Å²) in [5.74, 6) is 0. The summed E-state index contributed by atoms with van der Waals surface area (Å²) in [6, 6.07) is 14.2. The van der Waals surface area contributed by atoms with Gasteiger partial charge >= 0.3 is 0 Å². The van der Waals surface area contributed by atoms with Gasteiger partial charge in [0.2, 0.25) is 3.79 Å². The van der Waals surface area contributed by atoms with Crippen molar-refractivity contribution in [2.75, 3.05) is 0 Å². The first-order valence-electron chi connectivity index (χ1n) is 7.40. The lowest BCUT2D eigenvalue weighted by Gasteiger charge is -2.17. The van der Waals surface area contributed by atoms with Crippen LogP contribution < -0.4 is 0 Å². The molecule has 3 aromatic rings. The van der Waals surface area contributed by atoms with E-state index in [9.17, 15) is 0 Å². The second-order valence-corrected chi connectivity index (χ2v) is 7.70. The number of hydrogen-bond donors (Lipinski definition) is 0. The number of hydrogen-bond acceptors (Lipinski definition) is 1. The van der Waals surface area contributed by atoms with Gasteiger partial charge in [-0.05, 0) is 29.9 Å². The fourth-order valence-corrected chi connectivity index (χ4v) is 3.30. The molecular formula is C18H16Cl3N. The average molecular weight is 353 g/mol. The van der Waals surface area contributed by atoms with Gasteiger partial charge in [-0.2, -0.15) is 0 Å². The predicted octanol–water partition coefficient (Wildman–Crippen LogP) is 6.56. The van der Waals surface area contributed by atoms with Crippen molar-refractivity contribution < 1.29 is 0 Å². The molecule has 1 heterocycles. The first kappa shape index (κ1) is 15.9. The molecule has 0 amide bonds. The zero-order valence-corrected chi connectivity index (χ0v) is 14.5. The SMILES string of the molecule is CCCCc1cccc2nc(C(Cl)(Cl)Cl)c3ccccc3c12. The predicted molar refractivity (Wildman–Crippen MR) is 97.1 cm³/mol. The fraction of sp³-hybridized carbons (Fsp3) is 0.278. The monoisotopic (exact) mass is 351 g/mol. The highest BCUT2D eigenvalue weighted by Gasteiger charge is 2.28. The van der Waals surface area contributed by atoms with Crippen LogP contribution in [0.15, 0.2) is 42.5 Å². The molecule has 0 fully saturated rings. The smallest absolute Gasteiger partial charge is 0.233 e. The van der Waals surface area contributed by atoms with Crippen molar-refractivity contribution in [3.8, 4) is 0 Å². The number of unbranched alkanes of at least 4 members (excludes halogenated alkanes) is 1. The van der Waals surface area contributed by atoms with Crippen molar-refractivity contribution in [3.63, 3.8) is 0 Å². The van der Waals surface area contributed by atoms with Crippen molar-refractivity contribution in [2.24, 2.45) is 0 Å². The Hall–Kier alpha value is -1.02. The molecule has 3 rings (SSSR count). The number of fused-ring (bicyclic) bond motifs is 3. The standard InChI is InChI=1S/C18H16Cl3N/c1-2-3-7-12-8-6-11-15-16(12)13-9-4-5-10-14(13)17(22-15)18(19,20)21/h4-6,8-11H,2-3,7H2,1H3. The largest absolute Gasteiger partial charge is 0.248 e. The van der Waals surface area contributed by atoms with E-state index in [-0.39, 0.29) is 0 Å². The van der Waals surface area contributed by atoms with Crippen LogP contribution in [0.3, 0.4) is 0 Å². The quantitative estimate of drug-likeness (QED) is 0.384. The van der Waals surface area contributed by atoms with E-state index in [2.05, 4.69) is 24.0 Å². The molecule has 0 aliphatic rings. The first-order chi connectivity index (χ1) is 10.5. The third-order valence-electron chi connectivity index (χ3n) is 3.88. The molecule has 0 atom stereocenters. The number of rotatable bonds is 3. The van der Waals surface area contributed by atoms with Crippen molar-refractivity contribution in [1.82, 2.24) is 4.98 Å². The Kier molecular flexibility index (Phi) is 4.49. The Morgan fingerprint density at radius 1 is 0.955 bits per heavy atom. The summed E-state index contributed by atoms with van der Waals surface area (Å²) in [5, 5.41) is 3.17. The number of benzene rings is 2. The van der Waals surface area contributed by atoms with Gasteiger partial charge in [0, 0.05) is 10.8 Å². The number of pyridine rings is 1. The van der Waals surface area contributed by atoms with E-state index in [0.29, 0.717) is 5.69 Å². The van der Waals surface area contributed by atoms with Gasteiger partial charge in [0.25, 0.3) is 0 Å². The maximum atomic E-state index is 6.13. The highest BCUT2D eigenvalue weighted by atomic mass is 35.6. The fourth-order valence-electron chi connectivity index (χ4n) is 2.87. The molecule has 0 bridgehead atoms. The summed E-state index contributed by atoms with van der Waals surface area (Å²) >= 11 is 18.4. The van der Waals surface area contributed by atoms with Crippen molar-refractivity contribution in [3.05, 3.63) is 53.7 Å². The second kappa shape index (κ2) is 6.23. The maximum absolute atomic E-state index is 6.13. The zero-order valence-electron chi connectivity index (χ0n) is 12.2. The van der Waals surface area contributed by atoms with Crippen LogP contribution in [0.4, 0.5) is 0 Å². The molecule has 4 heteroatoms. The van der Waals surface area contributed by atoms with E-state index in [1.807, 2.05) is 30.3 Å². The van der Waals surface area contributed by atoms with E-state index < -0.39 is 3.79 Å². The van der Waals surface area contributed by atoms with Gasteiger partial charge in [0.05, 0.1) is 5.52 Å². The Balaban J connectivity index is 2.39. The number of aromatic nitrogens is 1. The molecule has 0 radical (unpaired) electrons. The van der Waals surface area contributed by atoms with E-state index in [4.69, 9.17) is 34.8 Å². The van der Waals surface area contributed by atoms with Gasteiger partial charge in [-0.3, -0.25) is 0 Å². The summed E-state index contributed by atoms with van der Waals surface area (Å²) < 4.78 is -1.53. The van der Waals surface area contributed by atoms with Crippen LogP contribution >= 0.6 is 34.8 Å². The Morgan fingerprint density at radius 3 is 2.36 bits per heavy atom. The normalized spacial score (nSPS) is 12.2.